The van der Waals surface area contributed by atoms with Crippen molar-refractivity contribution in [3.05, 3.63) is 127 Å². The summed E-state index contributed by atoms with van der Waals surface area (Å²) >= 11 is 0. The van der Waals surface area contributed by atoms with Gasteiger partial charge in [-0.1, -0.05) is 0 Å². The molecular weight excluding hydrogens is 584 g/mol. The predicted octanol–water partition coefficient (Wildman–Crippen LogP) is 3.94. The zero-order valence-electron chi connectivity index (χ0n) is 21.4. The van der Waals surface area contributed by atoms with Crippen LogP contribution in [0.3, 0.4) is 0 Å². The molecule has 4 amide bonds. The molecule has 2 heterocycles. The largest absolute Gasteiger partial charge is 0.270 e. The molecule has 0 N–H and O–H groups in total. The maximum absolute atomic E-state index is 13.3. The molecule has 2 aliphatic rings. The molecule has 0 saturated heterocycles. The van der Waals surface area contributed by atoms with Crippen LogP contribution in [-0.4, -0.2) is 41.9 Å². The monoisotopic (exact) mass is 598 g/mol. The fourth-order valence-electron chi connectivity index (χ4n) is 4.84. The molecule has 0 fully saturated rings. The Kier molecular flexibility index (Phi) is 5.98. The number of benzene rings is 4. The number of amides is 4. The fraction of sp³-hybridized carbons (Fsp3) is 0. The van der Waals surface area contributed by atoms with E-state index < -0.39 is 43.3 Å². The Morgan fingerprint density at radius 3 is 1.14 bits per heavy atom. The second-order valence-corrected chi connectivity index (χ2v) is 11.3. The molecule has 0 saturated carbocycles. The van der Waals surface area contributed by atoms with Crippen LogP contribution < -0.4 is 9.80 Å². The zero-order chi connectivity index (χ0) is 30.8. The SMILES string of the molecule is O=C1c2ccc([N+](=O)[O-])cc2C(=O)N1c1ccc(S(=O)(=O)c2ccc(N3C(=O)c4ccc([N+](=O)[O-])cc4C3=O)cc2)cc1. The number of rotatable bonds is 6. The van der Waals surface area contributed by atoms with Crippen molar-refractivity contribution in [2.45, 2.75) is 9.79 Å². The first kappa shape index (κ1) is 27.1. The van der Waals surface area contributed by atoms with Crippen LogP contribution in [0.15, 0.2) is 94.7 Å². The fourth-order valence-corrected chi connectivity index (χ4v) is 6.10. The number of non-ortho nitro benzene ring substituents is 2. The number of nitro benzene ring substituents is 2. The molecule has 43 heavy (non-hydrogen) atoms. The summed E-state index contributed by atoms with van der Waals surface area (Å²) in [5.74, 6) is -3.02. The quantitative estimate of drug-likeness (QED) is 0.178. The molecule has 6 rings (SSSR count). The van der Waals surface area contributed by atoms with Crippen molar-refractivity contribution >= 4 is 56.2 Å². The second-order valence-electron chi connectivity index (χ2n) is 9.36. The molecule has 0 bridgehead atoms. The highest BCUT2D eigenvalue weighted by Crippen LogP contribution is 2.34. The molecule has 4 aromatic carbocycles. The molecule has 0 atom stereocenters. The molecule has 0 aromatic heterocycles. The van der Waals surface area contributed by atoms with Crippen molar-refractivity contribution in [2.75, 3.05) is 9.80 Å². The van der Waals surface area contributed by atoms with Crippen LogP contribution in [-0.2, 0) is 9.84 Å². The summed E-state index contributed by atoms with van der Waals surface area (Å²) in [7, 11) is -4.14. The van der Waals surface area contributed by atoms with Gasteiger partial charge in [-0.25, -0.2) is 18.2 Å². The summed E-state index contributed by atoms with van der Waals surface area (Å²) in [5, 5.41) is 22.1. The third-order valence-corrected chi connectivity index (χ3v) is 8.76. The van der Waals surface area contributed by atoms with E-state index in [0.717, 1.165) is 34.1 Å². The predicted molar refractivity (Wildman–Crippen MR) is 147 cm³/mol. The maximum Gasteiger partial charge on any atom is 0.270 e. The van der Waals surface area contributed by atoms with Crippen molar-refractivity contribution in [2.24, 2.45) is 0 Å². The standard InChI is InChI=1S/C28H14N4O10S/c33-25-21-11-5-17(31(37)38)13-23(21)27(35)29(25)15-1-7-19(8-2-15)43(41,42)20-9-3-16(4-10-20)30-26(34)22-12-6-18(32(39)40)14-24(22)28(30)36/h1-14H. The van der Waals surface area contributed by atoms with E-state index in [1.807, 2.05) is 0 Å². The van der Waals surface area contributed by atoms with E-state index in [1.54, 1.807) is 0 Å². The highest BCUT2D eigenvalue weighted by molar-refractivity contribution is 7.91. The van der Waals surface area contributed by atoms with Gasteiger partial charge in [0.05, 0.1) is 53.3 Å². The molecule has 14 nitrogen and oxygen atoms in total. The lowest BCUT2D eigenvalue weighted by molar-refractivity contribution is -0.385. The van der Waals surface area contributed by atoms with Crippen molar-refractivity contribution in [3.63, 3.8) is 0 Å². The first-order valence-corrected chi connectivity index (χ1v) is 13.7. The van der Waals surface area contributed by atoms with Crippen LogP contribution in [0.2, 0.25) is 0 Å². The van der Waals surface area contributed by atoms with Gasteiger partial charge in [0, 0.05) is 24.3 Å². The first-order chi connectivity index (χ1) is 20.4. The Bertz CT molecular complexity index is 1930. The van der Waals surface area contributed by atoms with E-state index in [0.29, 0.717) is 0 Å². The van der Waals surface area contributed by atoms with Crippen LogP contribution in [0, 0.1) is 20.2 Å². The number of hydrogen-bond donors (Lipinski definition) is 0. The third kappa shape index (κ3) is 4.14. The highest BCUT2D eigenvalue weighted by atomic mass is 32.2. The van der Waals surface area contributed by atoms with E-state index in [-0.39, 0.29) is 54.8 Å². The number of imide groups is 2. The maximum atomic E-state index is 13.3. The Balaban J connectivity index is 1.24. The number of nitrogens with zero attached hydrogens (tertiary/aromatic N) is 4. The average Bonchev–Trinajstić information content (AvgIpc) is 3.40. The minimum atomic E-state index is -4.14. The first-order valence-electron chi connectivity index (χ1n) is 12.2. The van der Waals surface area contributed by atoms with Gasteiger partial charge in [-0.05, 0) is 60.7 Å². The lowest BCUT2D eigenvalue weighted by Crippen LogP contribution is -2.29. The number of hydrogen-bond acceptors (Lipinski definition) is 10. The average molecular weight is 599 g/mol. The van der Waals surface area contributed by atoms with E-state index in [4.69, 9.17) is 0 Å². The molecule has 0 spiro atoms. The van der Waals surface area contributed by atoms with Gasteiger partial charge in [-0.2, -0.15) is 0 Å². The molecular formula is C28H14N4O10S. The molecule has 0 aliphatic carbocycles. The number of fused-ring (bicyclic) bond motifs is 2. The Labute approximate surface area is 240 Å². The Morgan fingerprint density at radius 2 is 0.814 bits per heavy atom. The van der Waals surface area contributed by atoms with Crippen LogP contribution in [0.1, 0.15) is 41.4 Å². The van der Waals surface area contributed by atoms with Crippen molar-refractivity contribution < 1.29 is 37.4 Å². The van der Waals surface area contributed by atoms with Gasteiger partial charge in [-0.15, -0.1) is 0 Å². The van der Waals surface area contributed by atoms with Gasteiger partial charge in [-0.3, -0.25) is 39.4 Å². The second kappa shape index (κ2) is 9.49. The van der Waals surface area contributed by atoms with Gasteiger partial charge >= 0.3 is 0 Å². The summed E-state index contributed by atoms with van der Waals surface area (Å²) < 4.78 is 26.6. The van der Waals surface area contributed by atoms with Gasteiger partial charge in [0.2, 0.25) is 9.84 Å². The van der Waals surface area contributed by atoms with Gasteiger partial charge in [0.25, 0.3) is 35.0 Å². The summed E-state index contributed by atoms with van der Waals surface area (Å²) in [5.41, 5.74) is -0.961. The van der Waals surface area contributed by atoms with Crippen LogP contribution >= 0.6 is 0 Å². The van der Waals surface area contributed by atoms with Gasteiger partial charge < -0.3 is 0 Å². The Morgan fingerprint density at radius 1 is 0.488 bits per heavy atom. The number of sulfone groups is 1. The van der Waals surface area contributed by atoms with Crippen LogP contribution in [0.5, 0.6) is 0 Å². The zero-order valence-corrected chi connectivity index (χ0v) is 22.2. The van der Waals surface area contributed by atoms with Gasteiger partial charge in [0.15, 0.2) is 0 Å². The number of nitro groups is 2. The molecule has 0 radical (unpaired) electrons. The molecule has 4 aromatic rings. The number of carbonyl (C=O) groups is 4. The normalized spacial score (nSPS) is 14.2. The van der Waals surface area contributed by atoms with E-state index in [2.05, 4.69) is 0 Å². The summed E-state index contributed by atoms with van der Waals surface area (Å²) in [6.07, 6.45) is 0. The van der Waals surface area contributed by atoms with Gasteiger partial charge in [0.1, 0.15) is 0 Å². The Hall–Kier alpha value is -6.09. The number of carbonyl (C=O) groups excluding carboxylic acids is 4. The topological polar surface area (TPSA) is 195 Å². The molecule has 2 aliphatic heterocycles. The smallest absolute Gasteiger partial charge is 0.268 e. The van der Waals surface area contributed by atoms with E-state index in [1.165, 1.54) is 60.7 Å². The van der Waals surface area contributed by atoms with Crippen molar-refractivity contribution in [1.82, 2.24) is 0 Å². The van der Waals surface area contributed by atoms with Crippen LogP contribution in [0.25, 0.3) is 0 Å². The van der Waals surface area contributed by atoms with E-state index >= 15 is 0 Å². The summed E-state index contributed by atoms with van der Waals surface area (Å²) in [6.45, 7) is 0. The molecule has 0 unspecified atom stereocenters. The van der Waals surface area contributed by atoms with Crippen LogP contribution in [0.4, 0.5) is 22.7 Å². The minimum Gasteiger partial charge on any atom is -0.268 e. The lowest BCUT2D eigenvalue weighted by atomic mass is 10.1. The highest BCUT2D eigenvalue weighted by Gasteiger charge is 2.39. The lowest BCUT2D eigenvalue weighted by Gasteiger charge is -2.15. The third-order valence-electron chi connectivity index (χ3n) is 6.97. The molecule has 212 valence electrons. The summed E-state index contributed by atoms with van der Waals surface area (Å²) in [6, 6.07) is 16.3. The summed E-state index contributed by atoms with van der Waals surface area (Å²) in [4.78, 5) is 73.4. The number of anilines is 2. The van der Waals surface area contributed by atoms with E-state index in [9.17, 15) is 47.8 Å². The minimum absolute atomic E-state index is 0.0244. The molecule has 15 heteroatoms. The van der Waals surface area contributed by atoms with Crippen molar-refractivity contribution in [3.8, 4) is 0 Å². The van der Waals surface area contributed by atoms with Crippen molar-refractivity contribution in [1.29, 1.82) is 0 Å².